The van der Waals surface area contributed by atoms with Crippen molar-refractivity contribution in [3.63, 3.8) is 0 Å². The van der Waals surface area contributed by atoms with Gasteiger partial charge in [0, 0.05) is 10.5 Å². The Morgan fingerprint density at radius 2 is 2.22 bits per heavy atom. The smallest absolute Gasteiger partial charge is 0.252 e. The zero-order chi connectivity index (χ0) is 13.1. The van der Waals surface area contributed by atoms with E-state index in [1.807, 2.05) is 25.1 Å². The van der Waals surface area contributed by atoms with Gasteiger partial charge < -0.3 is 10.4 Å². The van der Waals surface area contributed by atoms with Crippen molar-refractivity contribution >= 4 is 21.8 Å². The normalized spacial score (nSPS) is 23.7. The molecule has 0 heterocycles. The molecule has 0 spiro atoms. The molecule has 1 amide bonds. The first-order chi connectivity index (χ1) is 8.56. The molecule has 1 aromatic rings. The Labute approximate surface area is 116 Å². The summed E-state index contributed by atoms with van der Waals surface area (Å²) in [7, 11) is 0. The Morgan fingerprint density at radius 1 is 1.44 bits per heavy atom. The van der Waals surface area contributed by atoms with Gasteiger partial charge in [-0.1, -0.05) is 11.6 Å². The van der Waals surface area contributed by atoms with Gasteiger partial charge in [0.05, 0.1) is 11.7 Å². The SMILES string of the molecule is Cc1ccc(Br)c(C(=O)NC2CCCC(O)C2)c1. The molecule has 0 saturated heterocycles. The van der Waals surface area contributed by atoms with Crippen LogP contribution in [0, 0.1) is 6.92 Å². The molecule has 0 aliphatic heterocycles. The van der Waals surface area contributed by atoms with Crippen LogP contribution in [0.3, 0.4) is 0 Å². The predicted octanol–water partition coefficient (Wildman–Crippen LogP) is 2.79. The molecule has 1 aliphatic carbocycles. The van der Waals surface area contributed by atoms with E-state index in [1.54, 1.807) is 0 Å². The summed E-state index contributed by atoms with van der Waals surface area (Å²) in [5, 5.41) is 12.6. The van der Waals surface area contributed by atoms with Gasteiger partial charge in [-0.15, -0.1) is 0 Å². The summed E-state index contributed by atoms with van der Waals surface area (Å²) in [6.07, 6.45) is 3.16. The highest BCUT2D eigenvalue weighted by Gasteiger charge is 2.22. The van der Waals surface area contributed by atoms with Crippen LogP contribution >= 0.6 is 15.9 Å². The van der Waals surface area contributed by atoms with E-state index in [0.717, 1.165) is 29.3 Å². The van der Waals surface area contributed by atoms with Crippen molar-refractivity contribution in [2.24, 2.45) is 0 Å². The Morgan fingerprint density at radius 3 is 2.94 bits per heavy atom. The van der Waals surface area contributed by atoms with Crippen molar-refractivity contribution in [2.75, 3.05) is 0 Å². The summed E-state index contributed by atoms with van der Waals surface area (Å²) in [5.41, 5.74) is 1.72. The van der Waals surface area contributed by atoms with Gasteiger partial charge in [-0.25, -0.2) is 0 Å². The summed E-state index contributed by atoms with van der Waals surface area (Å²) < 4.78 is 0.807. The fourth-order valence-corrected chi connectivity index (χ4v) is 2.80. The Hall–Kier alpha value is -0.870. The average molecular weight is 312 g/mol. The second-order valence-electron chi connectivity index (χ2n) is 4.97. The molecular formula is C14H18BrNO2. The predicted molar refractivity (Wildman–Crippen MR) is 74.6 cm³/mol. The number of hydrogen-bond donors (Lipinski definition) is 2. The van der Waals surface area contributed by atoms with Gasteiger partial charge in [0.1, 0.15) is 0 Å². The molecule has 2 rings (SSSR count). The molecule has 3 nitrogen and oxygen atoms in total. The molecule has 18 heavy (non-hydrogen) atoms. The second kappa shape index (κ2) is 5.85. The highest BCUT2D eigenvalue weighted by atomic mass is 79.9. The van der Waals surface area contributed by atoms with Crippen molar-refractivity contribution in [1.82, 2.24) is 5.32 Å². The number of benzene rings is 1. The zero-order valence-corrected chi connectivity index (χ0v) is 12.0. The highest BCUT2D eigenvalue weighted by Crippen LogP contribution is 2.21. The molecule has 1 saturated carbocycles. The molecule has 0 aromatic heterocycles. The lowest BCUT2D eigenvalue weighted by Gasteiger charge is -2.26. The number of carbonyl (C=O) groups excluding carboxylic acids is 1. The molecule has 1 fully saturated rings. The maximum atomic E-state index is 12.2. The van der Waals surface area contributed by atoms with Crippen molar-refractivity contribution < 1.29 is 9.90 Å². The molecule has 4 heteroatoms. The van der Waals surface area contributed by atoms with Crippen LogP contribution in [0.5, 0.6) is 0 Å². The molecule has 0 radical (unpaired) electrons. The quantitative estimate of drug-likeness (QED) is 0.882. The molecule has 2 unspecified atom stereocenters. The maximum absolute atomic E-state index is 12.2. The highest BCUT2D eigenvalue weighted by molar-refractivity contribution is 9.10. The van der Waals surface area contributed by atoms with Crippen LogP contribution in [0.15, 0.2) is 22.7 Å². The van der Waals surface area contributed by atoms with Crippen LogP contribution in [0.4, 0.5) is 0 Å². The van der Waals surface area contributed by atoms with E-state index in [9.17, 15) is 9.90 Å². The van der Waals surface area contributed by atoms with Gasteiger partial charge in [0.15, 0.2) is 0 Å². The lowest BCUT2D eigenvalue weighted by molar-refractivity contribution is 0.0849. The second-order valence-corrected chi connectivity index (χ2v) is 5.83. The number of aliphatic hydroxyl groups excluding tert-OH is 1. The first-order valence-corrected chi connectivity index (χ1v) is 7.10. The molecule has 98 valence electrons. The average Bonchev–Trinajstić information content (AvgIpc) is 2.32. The summed E-state index contributed by atoms with van der Waals surface area (Å²) in [4.78, 5) is 12.2. The van der Waals surface area contributed by atoms with E-state index in [4.69, 9.17) is 0 Å². The number of rotatable bonds is 2. The summed E-state index contributed by atoms with van der Waals surface area (Å²) in [6.45, 7) is 1.97. The number of hydrogen-bond acceptors (Lipinski definition) is 2. The summed E-state index contributed by atoms with van der Waals surface area (Å²) in [5.74, 6) is -0.0651. The van der Waals surface area contributed by atoms with Crippen molar-refractivity contribution in [2.45, 2.75) is 44.8 Å². The first kappa shape index (κ1) is 13.6. The van der Waals surface area contributed by atoms with E-state index >= 15 is 0 Å². The number of halogens is 1. The van der Waals surface area contributed by atoms with Crippen LogP contribution in [0.1, 0.15) is 41.6 Å². The minimum Gasteiger partial charge on any atom is -0.393 e. The minimum atomic E-state index is -0.273. The van der Waals surface area contributed by atoms with Gasteiger partial charge in [0.2, 0.25) is 0 Å². The van der Waals surface area contributed by atoms with Gasteiger partial charge in [-0.2, -0.15) is 0 Å². The molecule has 1 aromatic carbocycles. The number of aryl methyl sites for hydroxylation is 1. The molecule has 2 atom stereocenters. The molecular weight excluding hydrogens is 294 g/mol. The van der Waals surface area contributed by atoms with Crippen molar-refractivity contribution in [1.29, 1.82) is 0 Å². The van der Waals surface area contributed by atoms with Crippen molar-refractivity contribution in [3.8, 4) is 0 Å². The lowest BCUT2D eigenvalue weighted by atomic mass is 9.93. The van der Waals surface area contributed by atoms with Gasteiger partial charge in [0.25, 0.3) is 5.91 Å². The van der Waals surface area contributed by atoms with Crippen LogP contribution < -0.4 is 5.32 Å². The fourth-order valence-electron chi connectivity index (χ4n) is 2.37. The largest absolute Gasteiger partial charge is 0.393 e. The number of nitrogens with one attached hydrogen (secondary N) is 1. The van der Waals surface area contributed by atoms with Crippen LogP contribution in [-0.4, -0.2) is 23.2 Å². The van der Waals surface area contributed by atoms with Gasteiger partial charge in [-0.05, 0) is 60.7 Å². The number of carbonyl (C=O) groups is 1. The minimum absolute atomic E-state index is 0.0651. The van der Waals surface area contributed by atoms with Crippen LogP contribution in [0.25, 0.3) is 0 Å². The third-order valence-corrected chi connectivity index (χ3v) is 4.04. The lowest BCUT2D eigenvalue weighted by Crippen LogP contribution is -2.39. The molecule has 0 bridgehead atoms. The maximum Gasteiger partial charge on any atom is 0.252 e. The molecule has 1 aliphatic rings. The summed E-state index contributed by atoms with van der Waals surface area (Å²) in [6, 6.07) is 5.82. The summed E-state index contributed by atoms with van der Waals surface area (Å²) >= 11 is 3.40. The topological polar surface area (TPSA) is 49.3 Å². The van der Waals surface area contributed by atoms with Gasteiger partial charge >= 0.3 is 0 Å². The Kier molecular flexibility index (Phi) is 4.40. The Balaban J connectivity index is 2.05. The first-order valence-electron chi connectivity index (χ1n) is 6.31. The monoisotopic (exact) mass is 311 g/mol. The van der Waals surface area contributed by atoms with E-state index in [2.05, 4.69) is 21.2 Å². The van der Waals surface area contributed by atoms with E-state index in [0.29, 0.717) is 12.0 Å². The van der Waals surface area contributed by atoms with Crippen LogP contribution in [-0.2, 0) is 0 Å². The number of aliphatic hydroxyl groups is 1. The van der Waals surface area contributed by atoms with Crippen molar-refractivity contribution in [3.05, 3.63) is 33.8 Å². The third-order valence-electron chi connectivity index (χ3n) is 3.35. The van der Waals surface area contributed by atoms with E-state index in [-0.39, 0.29) is 18.1 Å². The fraction of sp³-hybridized carbons (Fsp3) is 0.500. The van der Waals surface area contributed by atoms with E-state index < -0.39 is 0 Å². The van der Waals surface area contributed by atoms with E-state index in [1.165, 1.54) is 0 Å². The standard InChI is InChI=1S/C14H18BrNO2/c1-9-5-6-13(15)12(7-9)14(18)16-10-3-2-4-11(17)8-10/h5-7,10-11,17H,2-4,8H2,1H3,(H,16,18). The van der Waals surface area contributed by atoms with Gasteiger partial charge in [-0.3, -0.25) is 4.79 Å². The molecule has 2 N–H and O–H groups in total. The Bertz CT molecular complexity index is 447. The zero-order valence-electron chi connectivity index (χ0n) is 10.4. The third kappa shape index (κ3) is 3.33. The van der Waals surface area contributed by atoms with Crippen LogP contribution in [0.2, 0.25) is 0 Å². The number of amides is 1.